The van der Waals surface area contributed by atoms with Gasteiger partial charge in [-0.05, 0) is 38.5 Å². The molecule has 1 saturated heterocycles. The molecule has 1 aromatic heterocycles. The van der Waals surface area contributed by atoms with Gasteiger partial charge >= 0.3 is 18.0 Å². The van der Waals surface area contributed by atoms with Gasteiger partial charge in [0.2, 0.25) is 0 Å². The molecule has 33 heavy (non-hydrogen) atoms. The summed E-state index contributed by atoms with van der Waals surface area (Å²) in [4.78, 5) is 41.7. The first kappa shape index (κ1) is 23.8. The van der Waals surface area contributed by atoms with Gasteiger partial charge in [0.15, 0.2) is 5.69 Å². The second-order valence-electron chi connectivity index (χ2n) is 8.44. The first-order valence-electron chi connectivity index (χ1n) is 10.2. The van der Waals surface area contributed by atoms with Crippen LogP contribution in [0.1, 0.15) is 37.7 Å². The number of hydrogen-bond donors (Lipinski definition) is 1. The second kappa shape index (κ2) is 9.35. The van der Waals surface area contributed by atoms with Crippen molar-refractivity contribution in [1.82, 2.24) is 9.88 Å². The molecular weight excluding hydrogens is 432 g/mol. The predicted molar refractivity (Wildman–Crippen MR) is 117 cm³/mol. The lowest BCUT2D eigenvalue weighted by atomic mass is 10.1. The molecule has 0 saturated carbocycles. The Morgan fingerprint density at radius 1 is 1.18 bits per heavy atom. The Hall–Kier alpha value is -3.82. The quantitative estimate of drug-likeness (QED) is 0.530. The third-order valence-corrected chi connectivity index (χ3v) is 4.84. The van der Waals surface area contributed by atoms with E-state index >= 15 is 0 Å². The number of nitrogens with zero attached hydrogens (tertiary/aromatic N) is 2. The van der Waals surface area contributed by atoms with Crippen LogP contribution >= 0.6 is 0 Å². The van der Waals surface area contributed by atoms with Gasteiger partial charge in [0, 0.05) is 30.5 Å². The predicted octanol–water partition coefficient (Wildman–Crippen LogP) is 3.39. The molecule has 1 aliphatic rings. The van der Waals surface area contributed by atoms with Crippen LogP contribution in [-0.4, -0.2) is 65.4 Å². The van der Waals surface area contributed by atoms with Gasteiger partial charge < -0.3 is 24.1 Å². The van der Waals surface area contributed by atoms with E-state index in [1.165, 1.54) is 26.5 Å². The van der Waals surface area contributed by atoms with Gasteiger partial charge in [0.05, 0.1) is 26.0 Å². The summed E-state index contributed by atoms with van der Waals surface area (Å²) in [6, 6.07) is 5.48. The minimum Gasteiger partial charge on any atom is -0.497 e. The van der Waals surface area contributed by atoms with E-state index in [1.807, 2.05) is 0 Å². The lowest BCUT2D eigenvalue weighted by molar-refractivity contribution is -0.142. The Bertz CT molecular complexity index is 1120. The highest BCUT2D eigenvalue weighted by molar-refractivity contribution is 5.94. The van der Waals surface area contributed by atoms with E-state index in [4.69, 9.17) is 18.9 Å². The zero-order valence-corrected chi connectivity index (χ0v) is 19.1. The van der Waals surface area contributed by atoms with Crippen LogP contribution in [0.5, 0.6) is 11.5 Å². The maximum absolute atomic E-state index is 12.5. The molecule has 1 amide bonds. The van der Waals surface area contributed by atoms with Gasteiger partial charge in [-0.15, -0.1) is 0 Å². The van der Waals surface area contributed by atoms with Crippen molar-refractivity contribution in [3.63, 3.8) is 0 Å². The van der Waals surface area contributed by atoms with Crippen molar-refractivity contribution >= 4 is 28.9 Å². The summed E-state index contributed by atoms with van der Waals surface area (Å²) in [5, 5.41) is 10.2. The number of rotatable bonds is 5. The summed E-state index contributed by atoms with van der Waals surface area (Å²) < 4.78 is 21.2. The topological polar surface area (TPSA) is 124 Å². The summed E-state index contributed by atoms with van der Waals surface area (Å²) in [6.45, 7) is 5.16. The van der Waals surface area contributed by atoms with E-state index in [0.29, 0.717) is 28.0 Å². The highest BCUT2D eigenvalue weighted by Crippen LogP contribution is 2.31. The molecule has 0 spiro atoms. The molecule has 0 aliphatic carbocycles. The van der Waals surface area contributed by atoms with E-state index in [9.17, 15) is 19.5 Å². The summed E-state index contributed by atoms with van der Waals surface area (Å²) in [7, 11) is 2.76. The summed E-state index contributed by atoms with van der Waals surface area (Å²) in [5.41, 5.74) is 0.309. The summed E-state index contributed by atoms with van der Waals surface area (Å²) >= 11 is 0. The second-order valence-corrected chi connectivity index (χ2v) is 8.44. The number of carbonyl (C=O) groups excluding carboxylic acids is 2. The van der Waals surface area contributed by atoms with Crippen molar-refractivity contribution in [2.75, 3.05) is 20.8 Å². The molecule has 0 bridgehead atoms. The number of methoxy groups -OCH3 is 2. The van der Waals surface area contributed by atoms with Gasteiger partial charge in [0.1, 0.15) is 23.1 Å². The number of hydrogen-bond acceptors (Lipinski definition) is 8. The van der Waals surface area contributed by atoms with Crippen LogP contribution in [-0.2, 0) is 14.3 Å². The van der Waals surface area contributed by atoms with Crippen molar-refractivity contribution in [2.45, 2.75) is 38.8 Å². The normalized spacial score (nSPS) is 17.2. The largest absolute Gasteiger partial charge is 0.497 e. The van der Waals surface area contributed by atoms with Crippen LogP contribution in [0.15, 0.2) is 36.1 Å². The van der Waals surface area contributed by atoms with Gasteiger partial charge in [-0.1, -0.05) is 0 Å². The fraction of sp³-hybridized carbons (Fsp3) is 0.391. The van der Waals surface area contributed by atoms with Gasteiger partial charge in [-0.2, -0.15) is 0 Å². The van der Waals surface area contributed by atoms with Crippen molar-refractivity contribution in [2.24, 2.45) is 0 Å². The minimum absolute atomic E-state index is 0.0343. The molecule has 0 unspecified atom stereocenters. The lowest BCUT2D eigenvalue weighted by Crippen LogP contribution is -2.43. The number of carbonyl (C=O) groups is 3. The molecule has 176 valence electrons. The molecule has 10 nitrogen and oxygen atoms in total. The van der Waals surface area contributed by atoms with E-state index < -0.39 is 29.7 Å². The van der Waals surface area contributed by atoms with Gasteiger partial charge in [-0.25, -0.2) is 19.4 Å². The van der Waals surface area contributed by atoms with E-state index in [1.54, 1.807) is 39.0 Å². The number of ether oxygens (including phenoxy) is 4. The zero-order valence-electron chi connectivity index (χ0n) is 19.1. The number of aromatic nitrogens is 1. The van der Waals surface area contributed by atoms with Crippen molar-refractivity contribution in [3.05, 3.63) is 41.8 Å². The Morgan fingerprint density at radius 3 is 2.52 bits per heavy atom. The zero-order chi connectivity index (χ0) is 24.3. The van der Waals surface area contributed by atoms with Crippen LogP contribution < -0.4 is 9.47 Å². The van der Waals surface area contributed by atoms with E-state index in [0.717, 1.165) is 4.90 Å². The number of carboxylic acids is 1. The molecule has 1 N–H and O–H groups in total. The van der Waals surface area contributed by atoms with Gasteiger partial charge in [-0.3, -0.25) is 4.90 Å². The van der Waals surface area contributed by atoms with Crippen LogP contribution in [0.25, 0.3) is 10.9 Å². The Kier molecular flexibility index (Phi) is 6.75. The molecule has 1 aromatic carbocycles. The number of carboxylic acid groups (broad SMARTS) is 1. The summed E-state index contributed by atoms with van der Waals surface area (Å²) in [6.07, 6.45) is 0.753. The molecule has 1 fully saturated rings. The fourth-order valence-corrected chi connectivity index (χ4v) is 3.33. The maximum Gasteiger partial charge on any atom is 0.411 e. The fourth-order valence-electron chi connectivity index (χ4n) is 3.33. The Morgan fingerprint density at radius 2 is 1.91 bits per heavy atom. The van der Waals surface area contributed by atoms with E-state index in [-0.39, 0.29) is 18.7 Å². The lowest BCUT2D eigenvalue weighted by Gasteiger charge is -2.26. The third-order valence-electron chi connectivity index (χ3n) is 4.84. The molecule has 2 aromatic rings. The van der Waals surface area contributed by atoms with Crippen LogP contribution in [0.3, 0.4) is 0 Å². The number of fused-ring (bicyclic) bond motifs is 1. The van der Waals surface area contributed by atoms with Crippen LogP contribution in [0.2, 0.25) is 0 Å². The van der Waals surface area contributed by atoms with Crippen molar-refractivity contribution < 1.29 is 38.4 Å². The first-order chi connectivity index (χ1) is 15.5. The number of amides is 1. The van der Waals surface area contributed by atoms with Crippen LogP contribution in [0.4, 0.5) is 4.79 Å². The average Bonchev–Trinajstić information content (AvgIpc) is 3.20. The smallest absolute Gasteiger partial charge is 0.411 e. The molecular formula is C23H26N2O8. The summed E-state index contributed by atoms with van der Waals surface area (Å²) in [5.74, 6) is -0.911. The Labute approximate surface area is 190 Å². The van der Waals surface area contributed by atoms with Crippen molar-refractivity contribution in [3.8, 4) is 11.5 Å². The van der Waals surface area contributed by atoms with E-state index in [2.05, 4.69) is 4.98 Å². The highest BCUT2D eigenvalue weighted by atomic mass is 16.6. The molecule has 2 heterocycles. The first-order valence-corrected chi connectivity index (χ1v) is 10.2. The Balaban J connectivity index is 1.92. The number of pyridine rings is 1. The molecule has 3 rings (SSSR count). The number of benzene rings is 1. The molecule has 10 heteroatoms. The molecule has 0 radical (unpaired) electrons. The average molecular weight is 458 g/mol. The highest BCUT2D eigenvalue weighted by Gasteiger charge is 2.39. The number of aliphatic carboxylic acids is 1. The minimum atomic E-state index is -1.14. The number of likely N-dealkylation sites (tertiary alicyclic amines) is 1. The third kappa shape index (κ3) is 5.51. The monoisotopic (exact) mass is 458 g/mol. The SMILES string of the molecule is COC(=O)c1cc(O/C=C2/C[C@@H](C(=O)O)N(C(=O)OC(C)(C)C)C2)c2ccc(OC)cc2n1. The van der Waals surface area contributed by atoms with Crippen LogP contribution in [0, 0.1) is 0 Å². The molecule has 1 atom stereocenters. The van der Waals surface area contributed by atoms with Crippen molar-refractivity contribution in [1.29, 1.82) is 0 Å². The maximum atomic E-state index is 12.5. The number of esters is 1. The van der Waals surface area contributed by atoms with Gasteiger partial charge in [0.25, 0.3) is 0 Å². The standard InChI is InChI=1S/C23H26N2O8/c1-23(2,3)33-22(29)25-11-13(8-18(25)20(26)27)12-32-19-10-17(21(28)31-5)24-16-9-14(30-4)6-7-15(16)19/h6-7,9-10,12,18H,8,11H2,1-5H3,(H,26,27)/b13-12-/t18-/m0/s1. The molecule has 1 aliphatic heterocycles.